The van der Waals surface area contributed by atoms with E-state index >= 15 is 0 Å². The number of rotatable bonds is 9. The van der Waals surface area contributed by atoms with Gasteiger partial charge in [0.05, 0.1) is 13.2 Å². The summed E-state index contributed by atoms with van der Waals surface area (Å²) in [7, 11) is 0. The first kappa shape index (κ1) is 16.9. The number of unbranched alkanes of at least 4 members (excludes halogenated alkanes) is 1. The molecule has 0 fully saturated rings. The van der Waals surface area contributed by atoms with Gasteiger partial charge in [-0.25, -0.2) is 0 Å². The second-order valence-electron chi connectivity index (χ2n) is 5.40. The van der Waals surface area contributed by atoms with E-state index in [1.54, 1.807) is 0 Å². The number of hydrogen-bond donors (Lipinski definition) is 1. The van der Waals surface area contributed by atoms with E-state index in [4.69, 9.17) is 9.84 Å². The van der Waals surface area contributed by atoms with Crippen molar-refractivity contribution in [1.29, 1.82) is 0 Å². The number of hydrogen-bond acceptors (Lipinski definition) is 3. The van der Waals surface area contributed by atoms with Crippen molar-refractivity contribution >= 4 is 11.8 Å². The fraction of sp³-hybridized carbons (Fsp3) is 0.368. The molecule has 22 heavy (non-hydrogen) atoms. The largest absolute Gasteiger partial charge is 0.494 e. The summed E-state index contributed by atoms with van der Waals surface area (Å²) in [5.74, 6) is 3.10. The van der Waals surface area contributed by atoms with Crippen molar-refractivity contribution in [2.45, 2.75) is 32.1 Å². The molecule has 0 atom stereocenters. The van der Waals surface area contributed by atoms with Crippen LogP contribution in [-0.4, -0.2) is 17.5 Å². The molecule has 0 radical (unpaired) electrons. The van der Waals surface area contributed by atoms with Gasteiger partial charge in [-0.05, 0) is 48.8 Å². The Hall–Kier alpha value is -1.45. The molecule has 0 aliphatic heterocycles. The molecule has 0 saturated heterocycles. The lowest BCUT2D eigenvalue weighted by Crippen LogP contribution is -1.98. The third-order valence-corrected chi connectivity index (χ3v) is 4.53. The molecule has 0 bridgehead atoms. The summed E-state index contributed by atoms with van der Waals surface area (Å²) >= 11 is 1.94. The zero-order valence-corrected chi connectivity index (χ0v) is 13.9. The van der Waals surface area contributed by atoms with Crippen molar-refractivity contribution in [1.82, 2.24) is 0 Å². The molecule has 2 rings (SSSR count). The SMILES string of the molecule is Cc1ccc(OCCCCSCc2cccc(CO)c2)cc1. The molecular formula is C19H24O2S. The Morgan fingerprint density at radius 3 is 2.55 bits per heavy atom. The van der Waals surface area contributed by atoms with Gasteiger partial charge >= 0.3 is 0 Å². The number of aliphatic hydroxyl groups excluding tert-OH is 1. The predicted octanol–water partition coefficient (Wildman–Crippen LogP) is 4.58. The summed E-state index contributed by atoms with van der Waals surface area (Å²) < 4.78 is 5.72. The second kappa shape index (κ2) is 9.54. The van der Waals surface area contributed by atoms with Crippen LogP contribution < -0.4 is 4.74 Å². The average molecular weight is 316 g/mol. The topological polar surface area (TPSA) is 29.5 Å². The highest BCUT2D eigenvalue weighted by Gasteiger charge is 1.97. The van der Waals surface area contributed by atoms with Crippen molar-refractivity contribution in [3.8, 4) is 5.75 Å². The second-order valence-corrected chi connectivity index (χ2v) is 6.50. The van der Waals surface area contributed by atoms with Crippen LogP contribution in [0.3, 0.4) is 0 Å². The van der Waals surface area contributed by atoms with Gasteiger partial charge in [0.1, 0.15) is 5.75 Å². The van der Waals surface area contributed by atoms with Crippen molar-refractivity contribution in [2.75, 3.05) is 12.4 Å². The molecule has 0 unspecified atom stereocenters. The number of thioether (sulfide) groups is 1. The zero-order valence-electron chi connectivity index (χ0n) is 13.1. The van der Waals surface area contributed by atoms with Crippen LogP contribution in [0.15, 0.2) is 48.5 Å². The summed E-state index contributed by atoms with van der Waals surface area (Å²) in [5.41, 5.74) is 3.53. The fourth-order valence-corrected chi connectivity index (χ4v) is 3.11. The Balaban J connectivity index is 1.54. The summed E-state index contributed by atoms with van der Waals surface area (Å²) in [6.07, 6.45) is 2.24. The Labute approximate surface area is 137 Å². The average Bonchev–Trinajstić information content (AvgIpc) is 2.56. The van der Waals surface area contributed by atoms with Crippen LogP contribution in [0.1, 0.15) is 29.5 Å². The molecule has 2 nitrogen and oxygen atoms in total. The molecule has 3 heteroatoms. The Morgan fingerprint density at radius 2 is 1.77 bits per heavy atom. The summed E-state index contributed by atoms with van der Waals surface area (Å²) in [4.78, 5) is 0. The first-order valence-corrected chi connectivity index (χ1v) is 8.89. The van der Waals surface area contributed by atoms with E-state index in [0.717, 1.165) is 42.3 Å². The molecule has 0 aromatic heterocycles. The maximum atomic E-state index is 9.12. The normalized spacial score (nSPS) is 10.6. The van der Waals surface area contributed by atoms with Gasteiger partial charge in [-0.1, -0.05) is 42.0 Å². The third kappa shape index (κ3) is 6.12. The van der Waals surface area contributed by atoms with Crippen LogP contribution in [0.4, 0.5) is 0 Å². The van der Waals surface area contributed by atoms with E-state index < -0.39 is 0 Å². The Kier molecular flexibility index (Phi) is 7.34. The van der Waals surface area contributed by atoms with Crippen molar-refractivity contribution in [2.24, 2.45) is 0 Å². The minimum absolute atomic E-state index is 0.120. The van der Waals surface area contributed by atoms with Crippen molar-refractivity contribution in [3.05, 3.63) is 65.2 Å². The molecule has 0 heterocycles. The smallest absolute Gasteiger partial charge is 0.119 e. The number of benzene rings is 2. The highest BCUT2D eigenvalue weighted by molar-refractivity contribution is 7.98. The summed E-state index contributed by atoms with van der Waals surface area (Å²) in [6, 6.07) is 16.4. The first-order chi connectivity index (χ1) is 10.8. The minimum atomic E-state index is 0.120. The standard InChI is InChI=1S/C19H24O2S/c1-16-7-9-19(10-8-16)21-11-2-3-12-22-15-18-6-4-5-17(13-18)14-20/h4-10,13,20H,2-3,11-12,14-15H2,1H3. The molecule has 0 spiro atoms. The molecule has 0 amide bonds. The lowest BCUT2D eigenvalue weighted by atomic mass is 10.1. The highest BCUT2D eigenvalue weighted by Crippen LogP contribution is 2.16. The van der Waals surface area contributed by atoms with E-state index in [1.165, 1.54) is 11.1 Å². The van der Waals surface area contributed by atoms with Gasteiger partial charge in [0.2, 0.25) is 0 Å². The fourth-order valence-electron chi connectivity index (χ4n) is 2.14. The number of aliphatic hydroxyl groups is 1. The number of aryl methyl sites for hydroxylation is 1. The summed E-state index contributed by atoms with van der Waals surface area (Å²) in [6.45, 7) is 2.98. The molecule has 0 aliphatic carbocycles. The van der Waals surface area contributed by atoms with Gasteiger partial charge in [0.15, 0.2) is 0 Å². The lowest BCUT2D eigenvalue weighted by Gasteiger charge is -2.07. The van der Waals surface area contributed by atoms with E-state index in [9.17, 15) is 0 Å². The van der Waals surface area contributed by atoms with Crippen molar-refractivity contribution < 1.29 is 9.84 Å². The molecule has 2 aromatic carbocycles. The highest BCUT2D eigenvalue weighted by atomic mass is 32.2. The van der Waals surface area contributed by atoms with Crippen LogP contribution in [0.25, 0.3) is 0 Å². The van der Waals surface area contributed by atoms with Gasteiger partial charge in [-0.3, -0.25) is 0 Å². The van der Waals surface area contributed by atoms with Crippen LogP contribution in [0.2, 0.25) is 0 Å². The maximum Gasteiger partial charge on any atom is 0.119 e. The van der Waals surface area contributed by atoms with Gasteiger partial charge in [0.25, 0.3) is 0 Å². The molecular weight excluding hydrogens is 292 g/mol. The van der Waals surface area contributed by atoms with Gasteiger partial charge < -0.3 is 9.84 Å². The quantitative estimate of drug-likeness (QED) is 0.687. The van der Waals surface area contributed by atoms with E-state index in [0.29, 0.717) is 0 Å². The third-order valence-electron chi connectivity index (χ3n) is 3.42. The van der Waals surface area contributed by atoms with Crippen LogP contribution >= 0.6 is 11.8 Å². The minimum Gasteiger partial charge on any atom is -0.494 e. The van der Waals surface area contributed by atoms with E-state index in [-0.39, 0.29) is 6.61 Å². The predicted molar refractivity (Wildman–Crippen MR) is 94.4 cm³/mol. The lowest BCUT2D eigenvalue weighted by molar-refractivity contribution is 0.282. The summed E-state index contributed by atoms with van der Waals surface area (Å²) in [5, 5.41) is 9.12. The van der Waals surface area contributed by atoms with Crippen LogP contribution in [-0.2, 0) is 12.4 Å². The maximum absolute atomic E-state index is 9.12. The van der Waals surface area contributed by atoms with E-state index in [1.807, 2.05) is 36.0 Å². The zero-order chi connectivity index (χ0) is 15.6. The molecule has 2 aromatic rings. The van der Waals surface area contributed by atoms with Crippen LogP contribution in [0.5, 0.6) is 5.75 Å². The van der Waals surface area contributed by atoms with Gasteiger partial charge in [-0.2, -0.15) is 11.8 Å². The monoisotopic (exact) mass is 316 g/mol. The molecule has 118 valence electrons. The first-order valence-electron chi connectivity index (χ1n) is 7.74. The van der Waals surface area contributed by atoms with E-state index in [2.05, 4.69) is 31.2 Å². The van der Waals surface area contributed by atoms with Gasteiger partial charge in [-0.15, -0.1) is 0 Å². The van der Waals surface area contributed by atoms with Gasteiger partial charge in [0, 0.05) is 5.75 Å². The number of ether oxygens (including phenoxy) is 1. The molecule has 0 aliphatic rings. The molecule has 0 saturated carbocycles. The Bertz CT molecular complexity index is 552. The van der Waals surface area contributed by atoms with Crippen LogP contribution in [0, 0.1) is 6.92 Å². The van der Waals surface area contributed by atoms with Crippen molar-refractivity contribution in [3.63, 3.8) is 0 Å². The Morgan fingerprint density at radius 1 is 1.00 bits per heavy atom. The molecule has 1 N–H and O–H groups in total.